The van der Waals surface area contributed by atoms with Crippen molar-refractivity contribution in [3.63, 3.8) is 0 Å². The molecule has 0 saturated heterocycles. The number of rotatable bonds is 4. The molecule has 1 aromatic heterocycles. The molecule has 1 unspecified atom stereocenters. The Labute approximate surface area is 87.3 Å². The van der Waals surface area contributed by atoms with Crippen molar-refractivity contribution in [1.82, 2.24) is 4.98 Å². The molecule has 74 valence electrons. The van der Waals surface area contributed by atoms with Crippen LogP contribution >= 0.6 is 11.3 Å². The molecule has 0 aromatic carbocycles. The lowest BCUT2D eigenvalue weighted by Crippen LogP contribution is -2.31. The van der Waals surface area contributed by atoms with Crippen LogP contribution in [0.3, 0.4) is 0 Å². The molecule has 0 bridgehead atoms. The molecule has 0 spiro atoms. The van der Waals surface area contributed by atoms with Crippen molar-refractivity contribution in [2.24, 2.45) is 5.73 Å². The molecule has 0 fully saturated rings. The number of nitrogens with zero attached hydrogens (tertiary/aromatic N) is 1. The highest BCUT2D eigenvalue weighted by Crippen LogP contribution is 2.09. The van der Waals surface area contributed by atoms with E-state index in [9.17, 15) is 4.79 Å². The summed E-state index contributed by atoms with van der Waals surface area (Å²) >= 11 is 1.53. The summed E-state index contributed by atoms with van der Waals surface area (Å²) < 4.78 is 0. The van der Waals surface area contributed by atoms with Gasteiger partial charge in [0.2, 0.25) is 0 Å². The minimum absolute atomic E-state index is 0.0479. The number of hydrogen-bond acceptors (Lipinski definition) is 4. The first-order valence-electron chi connectivity index (χ1n) is 4.26. The molecular weight excluding hydrogens is 196 g/mol. The largest absolute Gasteiger partial charge is 0.321 e. The second kappa shape index (κ2) is 4.89. The van der Waals surface area contributed by atoms with Crippen LogP contribution in [-0.4, -0.2) is 16.8 Å². The molecule has 1 rings (SSSR count). The summed E-state index contributed by atoms with van der Waals surface area (Å²) in [5.41, 5.74) is 6.35. The number of ketones is 1. The monoisotopic (exact) mass is 208 g/mol. The van der Waals surface area contributed by atoms with Gasteiger partial charge in [0.05, 0.1) is 23.2 Å². The Hall–Kier alpha value is -1.18. The third-order valence-electron chi connectivity index (χ3n) is 1.77. The van der Waals surface area contributed by atoms with E-state index in [2.05, 4.69) is 10.9 Å². The van der Waals surface area contributed by atoms with Crippen molar-refractivity contribution < 1.29 is 4.79 Å². The minimum atomic E-state index is -0.554. The quantitative estimate of drug-likeness (QED) is 0.748. The fraction of sp³-hybridized carbons (Fsp3) is 0.400. The Kier molecular flexibility index (Phi) is 3.81. The molecule has 14 heavy (non-hydrogen) atoms. The molecule has 0 radical (unpaired) electrons. The van der Waals surface area contributed by atoms with E-state index in [4.69, 9.17) is 12.2 Å². The average molecular weight is 208 g/mol. The zero-order valence-corrected chi connectivity index (χ0v) is 8.80. The molecular formula is C10H12N2OS. The third-order valence-corrected chi connectivity index (χ3v) is 2.60. The predicted octanol–water partition coefficient (Wildman–Crippen LogP) is 0.914. The van der Waals surface area contributed by atoms with Crippen molar-refractivity contribution >= 4 is 17.1 Å². The van der Waals surface area contributed by atoms with Gasteiger partial charge in [0, 0.05) is 11.8 Å². The van der Waals surface area contributed by atoms with Crippen LogP contribution in [0, 0.1) is 19.3 Å². The van der Waals surface area contributed by atoms with Crippen LogP contribution in [0.5, 0.6) is 0 Å². The molecule has 3 nitrogen and oxygen atoms in total. The molecule has 1 aromatic rings. The summed E-state index contributed by atoms with van der Waals surface area (Å²) in [5, 5.41) is 2.83. The Morgan fingerprint density at radius 1 is 1.86 bits per heavy atom. The van der Waals surface area contributed by atoms with Crippen molar-refractivity contribution in [2.45, 2.75) is 25.8 Å². The van der Waals surface area contributed by atoms with Crippen molar-refractivity contribution in [1.29, 1.82) is 0 Å². The molecule has 0 amide bonds. The Bertz CT molecular complexity index is 364. The van der Waals surface area contributed by atoms with Crippen LogP contribution in [0.15, 0.2) is 5.38 Å². The Balaban J connectivity index is 2.53. The molecule has 0 aliphatic heterocycles. The minimum Gasteiger partial charge on any atom is -0.321 e. The number of carbonyl (C=O) groups excluding carboxylic acids is 1. The van der Waals surface area contributed by atoms with Crippen LogP contribution in [0.4, 0.5) is 0 Å². The molecule has 1 atom stereocenters. The van der Waals surface area contributed by atoms with E-state index in [1.807, 2.05) is 12.3 Å². The predicted molar refractivity (Wildman–Crippen MR) is 57.0 cm³/mol. The zero-order chi connectivity index (χ0) is 10.6. The van der Waals surface area contributed by atoms with Crippen molar-refractivity contribution in [2.75, 3.05) is 0 Å². The van der Waals surface area contributed by atoms with Gasteiger partial charge in [0.15, 0.2) is 5.78 Å². The maximum atomic E-state index is 11.5. The molecule has 0 aliphatic rings. The normalized spacial score (nSPS) is 12.1. The van der Waals surface area contributed by atoms with Crippen LogP contribution in [0.2, 0.25) is 0 Å². The fourth-order valence-electron chi connectivity index (χ4n) is 1.04. The average Bonchev–Trinajstić information content (AvgIpc) is 2.51. The topological polar surface area (TPSA) is 56.0 Å². The van der Waals surface area contributed by atoms with Gasteiger partial charge < -0.3 is 5.73 Å². The van der Waals surface area contributed by atoms with Crippen molar-refractivity contribution in [3.8, 4) is 12.3 Å². The summed E-state index contributed by atoms with van der Waals surface area (Å²) in [6.45, 7) is 1.90. The summed E-state index contributed by atoms with van der Waals surface area (Å²) in [4.78, 5) is 15.6. The van der Waals surface area contributed by atoms with E-state index < -0.39 is 6.04 Å². The summed E-state index contributed by atoms with van der Waals surface area (Å²) in [6, 6.07) is -0.554. The van der Waals surface area contributed by atoms with E-state index in [-0.39, 0.29) is 12.2 Å². The van der Waals surface area contributed by atoms with Crippen molar-refractivity contribution in [3.05, 3.63) is 16.1 Å². The number of hydrogen-bond donors (Lipinski definition) is 1. The van der Waals surface area contributed by atoms with E-state index >= 15 is 0 Å². The highest BCUT2D eigenvalue weighted by Gasteiger charge is 2.13. The molecule has 4 heteroatoms. The lowest BCUT2D eigenvalue weighted by molar-refractivity contribution is -0.119. The highest BCUT2D eigenvalue weighted by molar-refractivity contribution is 7.09. The van der Waals surface area contributed by atoms with Gasteiger partial charge in [-0.25, -0.2) is 4.98 Å². The van der Waals surface area contributed by atoms with Crippen LogP contribution in [0.1, 0.15) is 17.1 Å². The summed E-state index contributed by atoms with van der Waals surface area (Å²) in [5.74, 6) is 2.33. The van der Waals surface area contributed by atoms with Gasteiger partial charge in [-0.05, 0) is 6.92 Å². The third kappa shape index (κ3) is 2.95. The van der Waals surface area contributed by atoms with E-state index in [0.717, 1.165) is 10.7 Å². The summed E-state index contributed by atoms with van der Waals surface area (Å²) in [6.07, 6.45) is 5.65. The lowest BCUT2D eigenvalue weighted by Gasteiger charge is -2.04. The number of nitrogens with two attached hydrogens (primary N) is 1. The lowest BCUT2D eigenvalue weighted by atomic mass is 10.1. The maximum absolute atomic E-state index is 11.5. The van der Waals surface area contributed by atoms with Crippen LogP contribution in [0.25, 0.3) is 0 Å². The smallest absolute Gasteiger partial charge is 0.156 e. The second-order valence-electron chi connectivity index (χ2n) is 3.02. The van der Waals surface area contributed by atoms with E-state index in [1.54, 1.807) is 0 Å². The van der Waals surface area contributed by atoms with Gasteiger partial charge in [-0.1, -0.05) is 0 Å². The zero-order valence-electron chi connectivity index (χ0n) is 7.99. The standard InChI is InChI=1S/C10H12N2OS/c1-3-4-9(11)10(13)5-8-6-14-7(2)12-8/h1,6,9H,4-5,11H2,2H3. The second-order valence-corrected chi connectivity index (χ2v) is 4.08. The van der Waals surface area contributed by atoms with Crippen LogP contribution < -0.4 is 5.73 Å². The number of Topliss-reactive ketones (excluding diaryl/α,β-unsaturated/α-hetero) is 1. The SMILES string of the molecule is C#CCC(N)C(=O)Cc1csc(C)n1. The van der Waals surface area contributed by atoms with Gasteiger partial charge >= 0.3 is 0 Å². The first-order chi connectivity index (χ1) is 6.63. The highest BCUT2D eigenvalue weighted by atomic mass is 32.1. The molecule has 2 N–H and O–H groups in total. The van der Waals surface area contributed by atoms with Gasteiger partial charge in [-0.2, -0.15) is 0 Å². The molecule has 0 saturated carbocycles. The van der Waals surface area contributed by atoms with Crippen LogP contribution in [-0.2, 0) is 11.2 Å². The first-order valence-corrected chi connectivity index (χ1v) is 5.14. The van der Waals surface area contributed by atoms with Gasteiger partial charge in [0.1, 0.15) is 0 Å². The Morgan fingerprint density at radius 3 is 3.07 bits per heavy atom. The van der Waals surface area contributed by atoms with Gasteiger partial charge in [0.25, 0.3) is 0 Å². The number of aromatic nitrogens is 1. The molecule has 0 aliphatic carbocycles. The molecule has 1 heterocycles. The fourth-order valence-corrected chi connectivity index (χ4v) is 1.65. The number of carbonyl (C=O) groups is 1. The number of thiazole rings is 1. The number of aryl methyl sites for hydroxylation is 1. The van der Waals surface area contributed by atoms with E-state index in [1.165, 1.54) is 11.3 Å². The summed E-state index contributed by atoms with van der Waals surface area (Å²) in [7, 11) is 0. The van der Waals surface area contributed by atoms with E-state index in [0.29, 0.717) is 6.42 Å². The maximum Gasteiger partial charge on any atom is 0.156 e. The first kappa shape index (κ1) is 10.9. The van der Waals surface area contributed by atoms with Gasteiger partial charge in [-0.3, -0.25) is 4.79 Å². The van der Waals surface area contributed by atoms with Gasteiger partial charge in [-0.15, -0.1) is 23.7 Å². The number of terminal acetylenes is 1. The Morgan fingerprint density at radius 2 is 2.57 bits per heavy atom.